The maximum atomic E-state index is 12.9. The van der Waals surface area contributed by atoms with Gasteiger partial charge < -0.3 is 20.0 Å². The van der Waals surface area contributed by atoms with Crippen molar-refractivity contribution in [1.82, 2.24) is 14.8 Å². The molecule has 3 rings (SSSR count). The van der Waals surface area contributed by atoms with Crippen LogP contribution in [0.4, 0.5) is 0 Å². The Morgan fingerprint density at radius 1 is 1.21 bits per heavy atom. The van der Waals surface area contributed by atoms with E-state index in [9.17, 15) is 19.8 Å². The van der Waals surface area contributed by atoms with Crippen molar-refractivity contribution in [2.45, 2.75) is 12.5 Å². The number of ketones is 1. The van der Waals surface area contributed by atoms with E-state index < -0.39 is 23.5 Å². The van der Waals surface area contributed by atoms with Gasteiger partial charge in [-0.1, -0.05) is 15.9 Å². The summed E-state index contributed by atoms with van der Waals surface area (Å²) >= 11 is 3.30. The van der Waals surface area contributed by atoms with Crippen molar-refractivity contribution >= 4 is 33.4 Å². The fourth-order valence-electron chi connectivity index (χ4n) is 3.40. The molecular weight excluding hydrogens is 438 g/mol. The van der Waals surface area contributed by atoms with E-state index in [1.165, 1.54) is 17.0 Å². The molecule has 8 heteroatoms. The lowest BCUT2D eigenvalue weighted by molar-refractivity contribution is -0.139. The monoisotopic (exact) mass is 459 g/mol. The number of aromatic hydroxyl groups is 1. The molecule has 1 fully saturated rings. The third kappa shape index (κ3) is 4.33. The van der Waals surface area contributed by atoms with E-state index in [4.69, 9.17) is 0 Å². The summed E-state index contributed by atoms with van der Waals surface area (Å²) in [4.78, 5) is 33.1. The second-order valence-corrected chi connectivity index (χ2v) is 8.01. The SMILES string of the molecule is CN(C)CCCN1C(=O)C(=O)/C(=C(/O)c2cc(Br)ccc2O)C1c1ccncc1. The van der Waals surface area contributed by atoms with Gasteiger partial charge in [-0.15, -0.1) is 0 Å². The molecule has 0 saturated carbocycles. The van der Waals surface area contributed by atoms with Crippen LogP contribution in [0.3, 0.4) is 0 Å². The van der Waals surface area contributed by atoms with Crippen LogP contribution in [0.2, 0.25) is 0 Å². The van der Waals surface area contributed by atoms with Gasteiger partial charge in [0.2, 0.25) is 0 Å². The first-order valence-corrected chi connectivity index (χ1v) is 9.92. The molecule has 152 valence electrons. The Balaban J connectivity index is 2.12. The summed E-state index contributed by atoms with van der Waals surface area (Å²) < 4.78 is 0.623. The minimum absolute atomic E-state index is 0.0422. The zero-order valence-electron chi connectivity index (χ0n) is 16.2. The summed E-state index contributed by atoms with van der Waals surface area (Å²) in [5.74, 6) is -2.02. The maximum absolute atomic E-state index is 12.9. The zero-order valence-corrected chi connectivity index (χ0v) is 17.8. The summed E-state index contributed by atoms with van der Waals surface area (Å²) in [5.41, 5.74) is 0.712. The van der Waals surface area contributed by atoms with Crippen LogP contribution < -0.4 is 0 Å². The fraction of sp³-hybridized carbons (Fsp3) is 0.286. The quantitative estimate of drug-likeness (QED) is 0.391. The van der Waals surface area contributed by atoms with Crippen LogP contribution in [0, 0.1) is 0 Å². The molecule has 2 aromatic rings. The van der Waals surface area contributed by atoms with Gasteiger partial charge in [-0.25, -0.2) is 0 Å². The molecule has 1 atom stereocenters. The van der Waals surface area contributed by atoms with Crippen LogP contribution in [0.5, 0.6) is 5.75 Å². The molecule has 0 bridgehead atoms. The number of hydrogen-bond donors (Lipinski definition) is 2. The highest BCUT2D eigenvalue weighted by atomic mass is 79.9. The molecule has 1 aliphatic rings. The molecule has 0 spiro atoms. The summed E-state index contributed by atoms with van der Waals surface area (Å²) in [5, 5.41) is 21.2. The molecular formula is C21H22BrN3O4. The Hall–Kier alpha value is -2.71. The number of rotatable bonds is 6. The second-order valence-electron chi connectivity index (χ2n) is 7.09. The van der Waals surface area contributed by atoms with Gasteiger partial charge in [-0.2, -0.15) is 0 Å². The smallest absolute Gasteiger partial charge is 0.295 e. The topological polar surface area (TPSA) is 94.0 Å². The lowest BCUT2D eigenvalue weighted by Crippen LogP contribution is -2.32. The van der Waals surface area contributed by atoms with Crippen LogP contribution in [0.15, 0.2) is 52.8 Å². The normalized spacial score (nSPS) is 18.6. The molecule has 1 unspecified atom stereocenters. The van der Waals surface area contributed by atoms with Crippen LogP contribution >= 0.6 is 15.9 Å². The number of aliphatic hydroxyl groups excluding tert-OH is 1. The van der Waals surface area contributed by atoms with Crippen LogP contribution in [0.25, 0.3) is 5.76 Å². The summed E-state index contributed by atoms with van der Waals surface area (Å²) in [6.07, 6.45) is 3.82. The lowest BCUT2D eigenvalue weighted by atomic mass is 9.95. The number of aromatic nitrogens is 1. The number of carbonyl (C=O) groups excluding carboxylic acids is 2. The molecule has 0 radical (unpaired) electrons. The molecule has 2 heterocycles. The van der Waals surface area contributed by atoms with Crippen LogP contribution in [-0.4, -0.2) is 63.9 Å². The number of amides is 1. The molecule has 0 aliphatic carbocycles. The number of hydrogen-bond acceptors (Lipinski definition) is 6. The number of likely N-dealkylation sites (tertiary alicyclic amines) is 1. The minimum Gasteiger partial charge on any atom is -0.507 e. The third-order valence-electron chi connectivity index (χ3n) is 4.78. The molecule has 29 heavy (non-hydrogen) atoms. The molecule has 1 amide bonds. The van der Waals surface area contributed by atoms with Gasteiger partial charge in [0.05, 0.1) is 17.2 Å². The standard InChI is InChI=1S/C21H22BrN3O4/c1-24(2)10-3-11-25-18(13-6-8-23-9-7-13)17(20(28)21(25)29)19(27)15-12-14(22)4-5-16(15)26/h4-9,12,18,26-27H,3,10-11H2,1-2H3/b19-17+. The Labute approximate surface area is 177 Å². The average Bonchev–Trinajstić information content (AvgIpc) is 2.94. The number of pyridine rings is 1. The lowest BCUT2D eigenvalue weighted by Gasteiger charge is -2.25. The Morgan fingerprint density at radius 2 is 1.90 bits per heavy atom. The number of phenols is 1. The van der Waals surface area contributed by atoms with E-state index in [1.54, 1.807) is 30.6 Å². The van der Waals surface area contributed by atoms with Gasteiger partial charge >= 0.3 is 0 Å². The number of carbonyl (C=O) groups is 2. The van der Waals surface area contributed by atoms with Crippen LogP contribution in [0.1, 0.15) is 23.6 Å². The molecule has 2 N–H and O–H groups in total. The highest BCUT2D eigenvalue weighted by molar-refractivity contribution is 9.10. The van der Waals surface area contributed by atoms with E-state index in [0.717, 1.165) is 6.54 Å². The van der Waals surface area contributed by atoms with Crippen molar-refractivity contribution in [1.29, 1.82) is 0 Å². The van der Waals surface area contributed by atoms with Crippen molar-refractivity contribution < 1.29 is 19.8 Å². The number of Topliss-reactive ketones (excluding diaryl/α,β-unsaturated/α-hetero) is 1. The molecule has 1 saturated heterocycles. The van der Waals surface area contributed by atoms with Gasteiger partial charge in [0.15, 0.2) is 0 Å². The number of halogens is 1. The Bertz CT molecular complexity index is 960. The van der Waals surface area contributed by atoms with Crippen LogP contribution in [-0.2, 0) is 9.59 Å². The van der Waals surface area contributed by atoms with Crippen molar-refractivity contribution in [3.05, 3.63) is 63.9 Å². The summed E-state index contributed by atoms with van der Waals surface area (Å²) in [6.45, 7) is 1.11. The predicted octanol–water partition coefficient (Wildman–Crippen LogP) is 2.92. The first-order chi connectivity index (χ1) is 13.8. The van der Waals surface area contributed by atoms with E-state index in [1.807, 2.05) is 19.0 Å². The second kappa shape index (κ2) is 8.75. The zero-order chi connectivity index (χ0) is 21.1. The van der Waals surface area contributed by atoms with Gasteiger partial charge in [-0.05, 0) is 63.0 Å². The third-order valence-corrected chi connectivity index (χ3v) is 5.27. The number of aliphatic hydroxyl groups is 1. The predicted molar refractivity (Wildman–Crippen MR) is 112 cm³/mol. The maximum Gasteiger partial charge on any atom is 0.295 e. The number of nitrogens with zero attached hydrogens (tertiary/aromatic N) is 3. The van der Waals surface area contributed by atoms with Gasteiger partial charge in [0.1, 0.15) is 11.5 Å². The molecule has 1 aromatic carbocycles. The average molecular weight is 460 g/mol. The van der Waals surface area contributed by atoms with Crippen molar-refractivity contribution in [2.24, 2.45) is 0 Å². The number of phenolic OH excluding ortho intramolecular Hbond substituents is 1. The first-order valence-electron chi connectivity index (χ1n) is 9.13. The molecule has 7 nitrogen and oxygen atoms in total. The Kier molecular flexibility index (Phi) is 6.34. The van der Waals surface area contributed by atoms with E-state index in [0.29, 0.717) is 23.0 Å². The first kappa shape index (κ1) is 21.0. The fourth-order valence-corrected chi connectivity index (χ4v) is 3.76. The van der Waals surface area contributed by atoms with E-state index >= 15 is 0 Å². The van der Waals surface area contributed by atoms with Crippen molar-refractivity contribution in [2.75, 3.05) is 27.2 Å². The minimum atomic E-state index is -0.770. The molecule has 1 aromatic heterocycles. The Morgan fingerprint density at radius 3 is 2.55 bits per heavy atom. The van der Waals surface area contributed by atoms with Gasteiger partial charge in [-0.3, -0.25) is 14.6 Å². The highest BCUT2D eigenvalue weighted by Gasteiger charge is 2.46. The van der Waals surface area contributed by atoms with Crippen molar-refractivity contribution in [3.63, 3.8) is 0 Å². The number of benzene rings is 1. The van der Waals surface area contributed by atoms with Gasteiger partial charge in [0, 0.05) is 23.4 Å². The highest BCUT2D eigenvalue weighted by Crippen LogP contribution is 2.41. The summed E-state index contributed by atoms with van der Waals surface area (Å²) in [7, 11) is 3.87. The summed E-state index contributed by atoms with van der Waals surface area (Å²) in [6, 6.07) is 7.21. The van der Waals surface area contributed by atoms with E-state index in [-0.39, 0.29) is 16.9 Å². The molecule has 1 aliphatic heterocycles. The van der Waals surface area contributed by atoms with Gasteiger partial charge in [0.25, 0.3) is 11.7 Å². The largest absolute Gasteiger partial charge is 0.507 e. The van der Waals surface area contributed by atoms with E-state index in [2.05, 4.69) is 20.9 Å². The van der Waals surface area contributed by atoms with Crippen molar-refractivity contribution in [3.8, 4) is 5.75 Å².